The first-order valence-electron chi connectivity index (χ1n) is 5.74. The van der Waals surface area contributed by atoms with Gasteiger partial charge in [0.15, 0.2) is 0 Å². The van der Waals surface area contributed by atoms with E-state index in [1.165, 1.54) is 0 Å². The fourth-order valence-corrected chi connectivity index (χ4v) is 2.09. The van der Waals surface area contributed by atoms with Crippen LogP contribution in [0.3, 0.4) is 0 Å². The van der Waals surface area contributed by atoms with E-state index in [2.05, 4.69) is 4.98 Å². The van der Waals surface area contributed by atoms with Gasteiger partial charge in [-0.1, -0.05) is 25.4 Å². The van der Waals surface area contributed by atoms with Crippen LogP contribution in [0.15, 0.2) is 18.2 Å². The Kier molecular flexibility index (Phi) is 4.76. The normalized spacial score (nSPS) is 9.76. The van der Waals surface area contributed by atoms with E-state index in [0.717, 1.165) is 32.9 Å². The summed E-state index contributed by atoms with van der Waals surface area (Å²) < 4.78 is 5.27. The lowest BCUT2D eigenvalue weighted by atomic mass is 10.1. The van der Waals surface area contributed by atoms with Crippen molar-refractivity contribution < 1.29 is 4.74 Å². The van der Waals surface area contributed by atoms with E-state index in [1.807, 2.05) is 45.9 Å². The predicted octanol–water partition coefficient (Wildman–Crippen LogP) is 4.54. The molecule has 0 N–H and O–H groups in total. The van der Waals surface area contributed by atoms with Gasteiger partial charge in [-0.3, -0.25) is 0 Å². The molecule has 2 rings (SSSR count). The van der Waals surface area contributed by atoms with Gasteiger partial charge in [-0.05, 0) is 37.6 Å². The maximum Gasteiger partial charge on any atom is 0.145 e. The molecule has 0 fully saturated rings. The molecule has 92 valence electrons. The number of pyridine rings is 1. The van der Waals surface area contributed by atoms with Crippen molar-refractivity contribution in [1.29, 1.82) is 0 Å². The smallest absolute Gasteiger partial charge is 0.145 e. The van der Waals surface area contributed by atoms with Crippen LogP contribution < -0.4 is 4.74 Å². The second kappa shape index (κ2) is 5.87. The average Bonchev–Trinajstić information content (AvgIpc) is 2.31. The molecule has 0 amide bonds. The Morgan fingerprint density at radius 2 is 1.82 bits per heavy atom. The van der Waals surface area contributed by atoms with Gasteiger partial charge in [0.1, 0.15) is 11.3 Å². The van der Waals surface area contributed by atoms with E-state index < -0.39 is 0 Å². The summed E-state index contributed by atoms with van der Waals surface area (Å²) in [5.41, 5.74) is 2.93. The van der Waals surface area contributed by atoms with Gasteiger partial charge >= 0.3 is 0 Å². The first-order valence-corrected chi connectivity index (χ1v) is 6.11. The lowest BCUT2D eigenvalue weighted by Gasteiger charge is -2.09. The molecule has 0 saturated carbocycles. The lowest BCUT2D eigenvalue weighted by molar-refractivity contribution is 0.419. The van der Waals surface area contributed by atoms with Crippen LogP contribution in [0.2, 0.25) is 5.02 Å². The number of fused-ring (bicyclic) bond motifs is 1. The summed E-state index contributed by atoms with van der Waals surface area (Å²) in [5.74, 6) is 0.765. The SMILES string of the molecule is CC.COc1ccc(Cl)c2c(C)cc(C)nc12. The minimum Gasteiger partial charge on any atom is -0.494 e. The number of hydrogen-bond donors (Lipinski definition) is 0. The molecule has 0 radical (unpaired) electrons. The maximum atomic E-state index is 6.15. The van der Waals surface area contributed by atoms with E-state index in [9.17, 15) is 0 Å². The first-order chi connectivity index (χ1) is 8.13. The zero-order chi connectivity index (χ0) is 13.0. The highest BCUT2D eigenvalue weighted by Gasteiger charge is 2.09. The van der Waals surface area contributed by atoms with Crippen molar-refractivity contribution in [1.82, 2.24) is 4.98 Å². The summed E-state index contributed by atoms with van der Waals surface area (Å²) in [7, 11) is 1.64. The van der Waals surface area contributed by atoms with Crippen LogP contribution in [0.25, 0.3) is 10.9 Å². The van der Waals surface area contributed by atoms with Crippen molar-refractivity contribution in [3.8, 4) is 5.75 Å². The van der Waals surface area contributed by atoms with E-state index in [-0.39, 0.29) is 0 Å². The number of ether oxygens (including phenoxy) is 1. The molecule has 3 heteroatoms. The van der Waals surface area contributed by atoms with Crippen LogP contribution in [0.4, 0.5) is 0 Å². The fourth-order valence-electron chi connectivity index (χ4n) is 1.79. The maximum absolute atomic E-state index is 6.15. The quantitative estimate of drug-likeness (QED) is 0.742. The van der Waals surface area contributed by atoms with Gasteiger partial charge in [0, 0.05) is 11.1 Å². The molecule has 0 aliphatic rings. The molecule has 0 spiro atoms. The largest absolute Gasteiger partial charge is 0.494 e. The molecule has 1 aromatic heterocycles. The summed E-state index contributed by atoms with van der Waals surface area (Å²) in [6.07, 6.45) is 0. The number of aryl methyl sites for hydroxylation is 2. The highest BCUT2D eigenvalue weighted by Crippen LogP contribution is 2.32. The molecule has 0 bridgehead atoms. The van der Waals surface area contributed by atoms with Gasteiger partial charge in [0.25, 0.3) is 0 Å². The number of benzene rings is 1. The van der Waals surface area contributed by atoms with Gasteiger partial charge in [-0.25, -0.2) is 4.98 Å². The van der Waals surface area contributed by atoms with Gasteiger partial charge in [-0.15, -0.1) is 0 Å². The van der Waals surface area contributed by atoms with E-state index >= 15 is 0 Å². The minimum atomic E-state index is 0.718. The zero-order valence-electron chi connectivity index (χ0n) is 11.0. The molecule has 1 aromatic carbocycles. The molecule has 1 heterocycles. The van der Waals surface area contributed by atoms with Gasteiger partial charge in [0.05, 0.1) is 12.1 Å². The van der Waals surface area contributed by atoms with Crippen molar-refractivity contribution in [3.05, 3.63) is 34.5 Å². The second-order valence-corrected chi connectivity index (χ2v) is 3.96. The topological polar surface area (TPSA) is 22.1 Å². The van der Waals surface area contributed by atoms with Crippen molar-refractivity contribution in [2.75, 3.05) is 7.11 Å². The Bertz CT molecular complexity index is 523. The van der Waals surface area contributed by atoms with Crippen LogP contribution >= 0.6 is 11.6 Å². The Labute approximate surface area is 108 Å². The Balaban J connectivity index is 0.000000686. The Hall–Kier alpha value is -1.28. The van der Waals surface area contributed by atoms with E-state index in [4.69, 9.17) is 16.3 Å². The van der Waals surface area contributed by atoms with Crippen LogP contribution in [-0.4, -0.2) is 12.1 Å². The number of rotatable bonds is 1. The number of nitrogens with zero attached hydrogens (tertiary/aromatic N) is 1. The lowest BCUT2D eigenvalue weighted by Crippen LogP contribution is -1.92. The number of methoxy groups -OCH3 is 1. The minimum absolute atomic E-state index is 0.718. The van der Waals surface area contributed by atoms with Crippen molar-refractivity contribution >= 4 is 22.5 Å². The van der Waals surface area contributed by atoms with Crippen LogP contribution in [0.5, 0.6) is 5.75 Å². The molecule has 2 nitrogen and oxygen atoms in total. The Morgan fingerprint density at radius 1 is 1.18 bits per heavy atom. The monoisotopic (exact) mass is 251 g/mol. The molecular weight excluding hydrogens is 234 g/mol. The highest BCUT2D eigenvalue weighted by atomic mass is 35.5. The molecule has 0 saturated heterocycles. The summed E-state index contributed by atoms with van der Waals surface area (Å²) in [6, 6.07) is 5.71. The van der Waals surface area contributed by atoms with Crippen LogP contribution in [-0.2, 0) is 0 Å². The molecule has 0 aliphatic heterocycles. The Morgan fingerprint density at radius 3 is 2.41 bits per heavy atom. The van der Waals surface area contributed by atoms with Crippen molar-refractivity contribution in [2.24, 2.45) is 0 Å². The van der Waals surface area contributed by atoms with Gasteiger partial charge < -0.3 is 4.74 Å². The number of aromatic nitrogens is 1. The summed E-state index contributed by atoms with van der Waals surface area (Å²) in [5, 5.41) is 1.69. The van der Waals surface area contributed by atoms with Gasteiger partial charge in [-0.2, -0.15) is 0 Å². The second-order valence-electron chi connectivity index (χ2n) is 3.55. The predicted molar refractivity (Wildman–Crippen MR) is 74.1 cm³/mol. The molecular formula is C14H18ClNO. The van der Waals surface area contributed by atoms with Crippen molar-refractivity contribution in [2.45, 2.75) is 27.7 Å². The highest BCUT2D eigenvalue weighted by molar-refractivity contribution is 6.35. The van der Waals surface area contributed by atoms with E-state index in [0.29, 0.717) is 0 Å². The summed E-state index contributed by atoms with van der Waals surface area (Å²) in [6.45, 7) is 8.00. The number of halogens is 1. The molecule has 0 aliphatic carbocycles. The number of hydrogen-bond acceptors (Lipinski definition) is 2. The fraction of sp³-hybridized carbons (Fsp3) is 0.357. The van der Waals surface area contributed by atoms with Gasteiger partial charge in [0.2, 0.25) is 0 Å². The third kappa shape index (κ3) is 2.70. The summed E-state index contributed by atoms with van der Waals surface area (Å²) in [4.78, 5) is 4.46. The zero-order valence-corrected chi connectivity index (χ0v) is 11.7. The standard InChI is InChI=1S/C12H12ClNO.C2H6/c1-7-6-8(2)14-12-10(15-3)5-4-9(13)11(7)12;1-2/h4-6H,1-3H3;1-2H3. The average molecular weight is 252 g/mol. The third-order valence-electron chi connectivity index (χ3n) is 2.42. The molecule has 0 atom stereocenters. The van der Waals surface area contributed by atoms with Crippen LogP contribution in [0, 0.1) is 13.8 Å². The first kappa shape index (κ1) is 13.8. The van der Waals surface area contributed by atoms with Crippen LogP contribution in [0.1, 0.15) is 25.1 Å². The molecule has 17 heavy (non-hydrogen) atoms. The van der Waals surface area contributed by atoms with E-state index in [1.54, 1.807) is 7.11 Å². The van der Waals surface area contributed by atoms with Crippen molar-refractivity contribution in [3.63, 3.8) is 0 Å². The third-order valence-corrected chi connectivity index (χ3v) is 2.73. The molecule has 2 aromatic rings. The summed E-state index contributed by atoms with van der Waals surface area (Å²) >= 11 is 6.15. The molecule has 0 unspecified atom stereocenters.